The van der Waals surface area contributed by atoms with Gasteiger partial charge in [-0.05, 0) is 47.0 Å². The number of benzene rings is 3. The second-order valence-electron chi connectivity index (χ2n) is 6.05. The molecule has 2 N–H and O–H groups in total. The van der Waals surface area contributed by atoms with Crippen LogP contribution in [-0.4, -0.2) is 19.6 Å². The maximum atomic E-state index is 6.18. The van der Waals surface area contributed by atoms with E-state index in [0.29, 0.717) is 5.02 Å². The van der Waals surface area contributed by atoms with E-state index in [-0.39, 0.29) is 0 Å². The second-order valence-corrected chi connectivity index (χ2v) is 6.89. The molecule has 0 atom stereocenters. The number of hydrogen-bond acceptors (Lipinski definition) is 2. The normalized spacial score (nSPS) is 11.1. The van der Waals surface area contributed by atoms with Crippen LogP contribution in [0, 0.1) is 0 Å². The topological polar surface area (TPSA) is 24.1 Å². The summed E-state index contributed by atoms with van der Waals surface area (Å²) in [6, 6.07) is 20.6. The van der Waals surface area contributed by atoms with Crippen LogP contribution in [0.5, 0.6) is 0 Å². The van der Waals surface area contributed by atoms with Crippen molar-refractivity contribution in [1.82, 2.24) is 10.6 Å². The maximum absolute atomic E-state index is 6.18. The summed E-state index contributed by atoms with van der Waals surface area (Å²) in [4.78, 5) is 0. The fourth-order valence-electron chi connectivity index (χ4n) is 2.92. The molecule has 0 aliphatic carbocycles. The molecule has 0 heterocycles. The van der Waals surface area contributed by atoms with Gasteiger partial charge in [-0.25, -0.2) is 0 Å². The molecule has 3 rings (SSSR count). The summed E-state index contributed by atoms with van der Waals surface area (Å²) in [7, 11) is 0. The predicted octanol–water partition coefficient (Wildman–Crippen LogP) is 5.07. The summed E-state index contributed by atoms with van der Waals surface area (Å²) in [5.41, 5.74) is 2.47. The zero-order chi connectivity index (χ0) is 17.5. The molecule has 0 saturated carbocycles. The van der Waals surface area contributed by atoms with Crippen molar-refractivity contribution in [3.63, 3.8) is 0 Å². The minimum absolute atomic E-state index is 0.680. The minimum atomic E-state index is 0.680. The Morgan fingerprint density at radius 1 is 0.720 bits per heavy atom. The Balaban J connectivity index is 1.37. The van der Waals surface area contributed by atoms with E-state index in [4.69, 9.17) is 23.2 Å². The van der Waals surface area contributed by atoms with E-state index in [1.54, 1.807) is 6.07 Å². The molecule has 25 heavy (non-hydrogen) atoms. The molecule has 0 amide bonds. The quantitative estimate of drug-likeness (QED) is 0.539. The summed E-state index contributed by atoms with van der Waals surface area (Å²) in [6.07, 6.45) is 0.902. The molecular weight excluding hydrogens is 351 g/mol. The SMILES string of the molecule is Clc1ccc(CCNCCNCc2cccc3ccccc23)c(Cl)c1. The van der Waals surface area contributed by atoms with Gasteiger partial charge in [-0.1, -0.05) is 71.7 Å². The van der Waals surface area contributed by atoms with Crippen molar-refractivity contribution in [2.24, 2.45) is 0 Å². The Hall–Kier alpha value is -1.58. The van der Waals surface area contributed by atoms with Crippen LogP contribution in [-0.2, 0) is 13.0 Å². The van der Waals surface area contributed by atoms with E-state index >= 15 is 0 Å². The van der Waals surface area contributed by atoms with E-state index in [1.165, 1.54) is 16.3 Å². The highest BCUT2D eigenvalue weighted by Gasteiger charge is 2.01. The average Bonchev–Trinajstić information content (AvgIpc) is 2.62. The summed E-state index contributed by atoms with van der Waals surface area (Å²) < 4.78 is 0. The van der Waals surface area contributed by atoms with Gasteiger partial charge < -0.3 is 10.6 Å². The van der Waals surface area contributed by atoms with Crippen molar-refractivity contribution in [2.45, 2.75) is 13.0 Å². The van der Waals surface area contributed by atoms with Crippen molar-refractivity contribution in [2.75, 3.05) is 19.6 Å². The van der Waals surface area contributed by atoms with Crippen LogP contribution < -0.4 is 10.6 Å². The fourth-order valence-corrected chi connectivity index (χ4v) is 3.42. The molecule has 2 nitrogen and oxygen atoms in total. The lowest BCUT2D eigenvalue weighted by Crippen LogP contribution is -2.28. The van der Waals surface area contributed by atoms with Gasteiger partial charge in [-0.3, -0.25) is 0 Å². The van der Waals surface area contributed by atoms with Crippen LogP contribution in [0.25, 0.3) is 10.8 Å². The summed E-state index contributed by atoms with van der Waals surface area (Å²) in [5, 5.41) is 11.0. The van der Waals surface area contributed by atoms with Crippen LogP contribution in [0.2, 0.25) is 10.0 Å². The third-order valence-corrected chi connectivity index (χ3v) is 4.85. The monoisotopic (exact) mass is 372 g/mol. The van der Waals surface area contributed by atoms with Gasteiger partial charge in [-0.15, -0.1) is 0 Å². The standard InChI is InChI=1S/C21H22Cl2N2/c22-19-9-8-17(21(23)14-19)10-11-24-12-13-25-15-18-6-3-5-16-4-1-2-7-20(16)18/h1-9,14,24-25H,10-13,15H2. The highest BCUT2D eigenvalue weighted by molar-refractivity contribution is 6.35. The van der Waals surface area contributed by atoms with E-state index in [2.05, 4.69) is 53.1 Å². The van der Waals surface area contributed by atoms with Gasteiger partial charge in [0.05, 0.1) is 0 Å². The largest absolute Gasteiger partial charge is 0.315 e. The van der Waals surface area contributed by atoms with Crippen molar-refractivity contribution in [3.8, 4) is 0 Å². The number of halogens is 2. The minimum Gasteiger partial charge on any atom is -0.315 e. The van der Waals surface area contributed by atoms with Gasteiger partial charge in [-0.2, -0.15) is 0 Å². The van der Waals surface area contributed by atoms with Crippen molar-refractivity contribution in [3.05, 3.63) is 81.8 Å². The molecule has 0 saturated heterocycles. The van der Waals surface area contributed by atoms with Gasteiger partial charge >= 0.3 is 0 Å². The molecule has 0 radical (unpaired) electrons. The maximum Gasteiger partial charge on any atom is 0.0453 e. The van der Waals surface area contributed by atoms with E-state index in [1.807, 2.05) is 12.1 Å². The van der Waals surface area contributed by atoms with Crippen molar-refractivity contribution in [1.29, 1.82) is 0 Å². The zero-order valence-corrected chi connectivity index (χ0v) is 15.6. The molecule has 0 spiro atoms. The fraction of sp³-hybridized carbons (Fsp3) is 0.238. The summed E-state index contributed by atoms with van der Waals surface area (Å²) >= 11 is 12.1. The number of fused-ring (bicyclic) bond motifs is 1. The molecule has 4 heteroatoms. The molecule has 130 valence electrons. The number of rotatable bonds is 8. The van der Waals surface area contributed by atoms with Gasteiger partial charge in [0.1, 0.15) is 0 Å². The highest BCUT2D eigenvalue weighted by Crippen LogP contribution is 2.21. The Morgan fingerprint density at radius 3 is 2.40 bits per heavy atom. The first-order chi connectivity index (χ1) is 12.2. The second kappa shape index (κ2) is 9.21. The first-order valence-corrected chi connectivity index (χ1v) is 9.31. The first-order valence-electron chi connectivity index (χ1n) is 8.56. The highest BCUT2D eigenvalue weighted by atomic mass is 35.5. The van der Waals surface area contributed by atoms with Gasteiger partial charge in [0.15, 0.2) is 0 Å². The molecular formula is C21H22Cl2N2. The first kappa shape index (κ1) is 18.2. The molecule has 3 aromatic rings. The Bertz CT molecular complexity index is 828. The smallest absolute Gasteiger partial charge is 0.0453 e. The van der Waals surface area contributed by atoms with Crippen LogP contribution in [0.3, 0.4) is 0 Å². The third kappa shape index (κ3) is 5.20. The van der Waals surface area contributed by atoms with Gasteiger partial charge in [0.2, 0.25) is 0 Å². The number of nitrogens with one attached hydrogen (secondary N) is 2. The molecule has 0 bridgehead atoms. The van der Waals surface area contributed by atoms with Crippen molar-refractivity contribution < 1.29 is 0 Å². The summed E-state index contributed by atoms with van der Waals surface area (Å²) in [6.45, 7) is 3.64. The number of hydrogen-bond donors (Lipinski definition) is 2. The predicted molar refractivity (Wildman–Crippen MR) is 109 cm³/mol. The van der Waals surface area contributed by atoms with Crippen LogP contribution >= 0.6 is 23.2 Å². The van der Waals surface area contributed by atoms with E-state index in [0.717, 1.165) is 43.2 Å². The van der Waals surface area contributed by atoms with Crippen LogP contribution in [0.4, 0.5) is 0 Å². The van der Waals surface area contributed by atoms with Crippen molar-refractivity contribution >= 4 is 34.0 Å². The molecule has 0 fully saturated rings. The third-order valence-electron chi connectivity index (χ3n) is 4.26. The summed E-state index contributed by atoms with van der Waals surface area (Å²) in [5.74, 6) is 0. The zero-order valence-electron chi connectivity index (χ0n) is 14.1. The van der Waals surface area contributed by atoms with Crippen LogP contribution in [0.1, 0.15) is 11.1 Å². The van der Waals surface area contributed by atoms with Gasteiger partial charge in [0.25, 0.3) is 0 Å². The Kier molecular flexibility index (Phi) is 6.71. The lowest BCUT2D eigenvalue weighted by Gasteiger charge is -2.10. The average molecular weight is 373 g/mol. The van der Waals surface area contributed by atoms with Crippen LogP contribution in [0.15, 0.2) is 60.7 Å². The molecule has 0 aromatic heterocycles. The van der Waals surface area contributed by atoms with E-state index < -0.39 is 0 Å². The molecule has 3 aromatic carbocycles. The molecule has 0 aliphatic heterocycles. The Labute approximate surface area is 159 Å². The lowest BCUT2D eigenvalue weighted by atomic mass is 10.0. The lowest BCUT2D eigenvalue weighted by molar-refractivity contribution is 0.612. The molecule has 0 unspecified atom stereocenters. The van der Waals surface area contributed by atoms with Gasteiger partial charge in [0, 0.05) is 29.7 Å². The van der Waals surface area contributed by atoms with E-state index in [9.17, 15) is 0 Å². The molecule has 0 aliphatic rings. The Morgan fingerprint density at radius 2 is 1.52 bits per heavy atom.